The Kier molecular flexibility index (Phi) is 7.80. The van der Waals surface area contributed by atoms with Gasteiger partial charge in [0, 0.05) is 51.2 Å². The number of ether oxygens (including phenoxy) is 1. The number of benzene rings is 1. The predicted octanol–water partition coefficient (Wildman–Crippen LogP) is 4.57. The lowest BCUT2D eigenvalue weighted by atomic mass is 9.97. The van der Waals surface area contributed by atoms with Crippen LogP contribution in [0.2, 0.25) is 0 Å². The molecular formula is C28H38N6O2. The lowest BCUT2D eigenvalue weighted by molar-refractivity contribution is -0.136. The molecule has 4 heterocycles. The molecule has 1 aromatic carbocycles. The Morgan fingerprint density at radius 3 is 2.50 bits per heavy atom. The van der Waals surface area contributed by atoms with E-state index in [4.69, 9.17) is 19.8 Å². The number of hydrogen-bond acceptors (Lipinski definition) is 6. The van der Waals surface area contributed by atoms with Crippen molar-refractivity contribution in [3.63, 3.8) is 0 Å². The monoisotopic (exact) mass is 490 g/mol. The molecular weight excluding hydrogens is 452 g/mol. The Morgan fingerprint density at radius 2 is 1.81 bits per heavy atom. The zero-order chi connectivity index (χ0) is 24.9. The van der Waals surface area contributed by atoms with Crippen molar-refractivity contribution in [1.29, 1.82) is 0 Å². The van der Waals surface area contributed by atoms with Crippen molar-refractivity contribution in [3.8, 4) is 5.69 Å². The van der Waals surface area contributed by atoms with Crippen molar-refractivity contribution in [2.75, 3.05) is 44.3 Å². The highest BCUT2D eigenvalue weighted by Crippen LogP contribution is 2.32. The molecule has 2 saturated heterocycles. The lowest BCUT2D eigenvalue weighted by Crippen LogP contribution is -2.50. The SMILES string of the molecule is CCCC[C@H](CC)C(=O)N1CCN(c2nc(C3CCOCC3)nc3c2cnn3-c2ccccc2)CC1. The highest BCUT2D eigenvalue weighted by Gasteiger charge is 2.29. The van der Waals surface area contributed by atoms with Gasteiger partial charge in [-0.2, -0.15) is 5.10 Å². The van der Waals surface area contributed by atoms with Crippen molar-refractivity contribution >= 4 is 22.8 Å². The summed E-state index contributed by atoms with van der Waals surface area (Å²) >= 11 is 0. The van der Waals surface area contributed by atoms with Crippen LogP contribution in [-0.2, 0) is 9.53 Å². The van der Waals surface area contributed by atoms with Crippen LogP contribution in [-0.4, -0.2) is 69.9 Å². The fourth-order valence-electron chi connectivity index (χ4n) is 5.40. The van der Waals surface area contributed by atoms with Crippen LogP contribution in [0.4, 0.5) is 5.82 Å². The molecule has 0 bridgehead atoms. The standard InChI is InChI=1S/C28H38N6O2/c1-3-5-9-21(4-2)28(35)33-16-14-32(15-17-33)26-24-20-29-34(23-10-7-6-8-11-23)27(24)31-25(30-26)22-12-18-36-19-13-22/h6-8,10-11,20-22H,3-5,9,12-19H2,1-2H3/t21-/m0/s1. The van der Waals surface area contributed by atoms with Crippen molar-refractivity contribution in [3.05, 3.63) is 42.4 Å². The zero-order valence-electron chi connectivity index (χ0n) is 21.6. The van der Waals surface area contributed by atoms with Crippen LogP contribution in [0.25, 0.3) is 16.7 Å². The van der Waals surface area contributed by atoms with Crippen molar-refractivity contribution in [2.24, 2.45) is 5.92 Å². The van der Waals surface area contributed by atoms with E-state index in [1.807, 2.05) is 29.1 Å². The van der Waals surface area contributed by atoms with Gasteiger partial charge in [-0.1, -0.05) is 44.9 Å². The summed E-state index contributed by atoms with van der Waals surface area (Å²) in [6.45, 7) is 8.81. The number of unbranched alkanes of at least 4 members (excludes halogenated alkanes) is 1. The van der Waals surface area contributed by atoms with E-state index in [1.165, 1.54) is 0 Å². The van der Waals surface area contributed by atoms with Crippen molar-refractivity contribution < 1.29 is 9.53 Å². The third-order valence-electron chi connectivity index (χ3n) is 7.65. The third-order valence-corrected chi connectivity index (χ3v) is 7.65. The molecule has 5 rings (SSSR count). The van der Waals surface area contributed by atoms with E-state index < -0.39 is 0 Å². The molecule has 3 aromatic rings. The number of nitrogens with zero attached hydrogens (tertiary/aromatic N) is 6. The molecule has 0 saturated carbocycles. The number of fused-ring (bicyclic) bond motifs is 1. The minimum Gasteiger partial charge on any atom is -0.381 e. The highest BCUT2D eigenvalue weighted by atomic mass is 16.5. The van der Waals surface area contributed by atoms with Gasteiger partial charge >= 0.3 is 0 Å². The van der Waals surface area contributed by atoms with Gasteiger partial charge in [0.2, 0.25) is 5.91 Å². The van der Waals surface area contributed by atoms with Crippen molar-refractivity contribution in [2.45, 2.75) is 58.3 Å². The summed E-state index contributed by atoms with van der Waals surface area (Å²) in [6.07, 6.45) is 7.91. The number of piperazine rings is 1. The van der Waals surface area contributed by atoms with Gasteiger partial charge in [0.1, 0.15) is 11.6 Å². The smallest absolute Gasteiger partial charge is 0.225 e. The first-order valence-corrected chi connectivity index (χ1v) is 13.6. The maximum Gasteiger partial charge on any atom is 0.225 e. The van der Waals surface area contributed by atoms with E-state index in [0.717, 1.165) is 106 Å². The Balaban J connectivity index is 1.43. The molecule has 1 atom stereocenters. The normalized spacial score (nSPS) is 18.1. The molecule has 192 valence electrons. The number of amides is 1. The fourth-order valence-corrected chi connectivity index (χ4v) is 5.40. The molecule has 2 fully saturated rings. The topological polar surface area (TPSA) is 76.4 Å². The summed E-state index contributed by atoms with van der Waals surface area (Å²) in [7, 11) is 0. The van der Waals surface area contributed by atoms with E-state index in [9.17, 15) is 4.79 Å². The number of rotatable bonds is 8. The van der Waals surface area contributed by atoms with Crippen LogP contribution >= 0.6 is 0 Å². The summed E-state index contributed by atoms with van der Waals surface area (Å²) in [5.74, 6) is 2.56. The molecule has 8 heteroatoms. The Hall–Kier alpha value is -3.00. The molecule has 1 amide bonds. The van der Waals surface area contributed by atoms with Gasteiger partial charge in [0.25, 0.3) is 0 Å². The largest absolute Gasteiger partial charge is 0.381 e. The molecule has 2 aromatic heterocycles. The average molecular weight is 491 g/mol. The average Bonchev–Trinajstić information content (AvgIpc) is 3.38. The van der Waals surface area contributed by atoms with Crippen LogP contribution in [0.5, 0.6) is 0 Å². The second-order valence-corrected chi connectivity index (χ2v) is 9.98. The predicted molar refractivity (Wildman–Crippen MR) is 142 cm³/mol. The number of aromatic nitrogens is 4. The highest BCUT2D eigenvalue weighted by molar-refractivity contribution is 5.88. The Labute approximate surface area is 213 Å². The van der Waals surface area contributed by atoms with Gasteiger partial charge in [0.15, 0.2) is 5.65 Å². The van der Waals surface area contributed by atoms with Gasteiger partial charge in [-0.25, -0.2) is 14.6 Å². The quantitative estimate of drug-likeness (QED) is 0.460. The maximum absolute atomic E-state index is 13.2. The fraction of sp³-hybridized carbons (Fsp3) is 0.571. The van der Waals surface area contributed by atoms with E-state index in [2.05, 4.69) is 35.8 Å². The van der Waals surface area contributed by atoms with Gasteiger partial charge in [0.05, 0.1) is 17.3 Å². The van der Waals surface area contributed by atoms with Gasteiger partial charge in [-0.15, -0.1) is 0 Å². The molecule has 8 nitrogen and oxygen atoms in total. The van der Waals surface area contributed by atoms with Crippen LogP contribution in [0.1, 0.15) is 64.1 Å². The zero-order valence-corrected chi connectivity index (χ0v) is 21.6. The molecule has 0 radical (unpaired) electrons. The minimum absolute atomic E-state index is 0.145. The summed E-state index contributed by atoms with van der Waals surface area (Å²) < 4.78 is 7.52. The van der Waals surface area contributed by atoms with Crippen molar-refractivity contribution in [1.82, 2.24) is 24.6 Å². The number of carbonyl (C=O) groups excluding carboxylic acids is 1. The molecule has 2 aliphatic rings. The molecule has 0 spiro atoms. The lowest BCUT2D eigenvalue weighted by Gasteiger charge is -2.37. The first-order valence-electron chi connectivity index (χ1n) is 13.6. The summed E-state index contributed by atoms with van der Waals surface area (Å²) in [5.41, 5.74) is 1.83. The number of carbonyl (C=O) groups is 1. The van der Waals surface area contributed by atoms with Crippen LogP contribution in [0.3, 0.4) is 0 Å². The summed E-state index contributed by atoms with van der Waals surface area (Å²) in [6, 6.07) is 10.1. The summed E-state index contributed by atoms with van der Waals surface area (Å²) in [5, 5.41) is 5.67. The van der Waals surface area contributed by atoms with E-state index >= 15 is 0 Å². The molecule has 0 aliphatic carbocycles. The first kappa shape index (κ1) is 24.7. The first-order chi connectivity index (χ1) is 17.7. The van der Waals surface area contributed by atoms with Crippen LogP contribution in [0.15, 0.2) is 36.5 Å². The maximum atomic E-state index is 13.2. The molecule has 2 aliphatic heterocycles. The van der Waals surface area contributed by atoms with Gasteiger partial charge < -0.3 is 14.5 Å². The minimum atomic E-state index is 0.145. The van der Waals surface area contributed by atoms with Crippen LogP contribution < -0.4 is 4.90 Å². The van der Waals surface area contributed by atoms with Crippen LogP contribution in [0, 0.1) is 5.92 Å². The molecule has 0 N–H and O–H groups in total. The molecule has 36 heavy (non-hydrogen) atoms. The summed E-state index contributed by atoms with van der Waals surface area (Å²) in [4.78, 5) is 27.7. The number of hydrogen-bond donors (Lipinski definition) is 0. The third kappa shape index (κ3) is 5.09. The van der Waals surface area contributed by atoms with E-state index in [1.54, 1.807) is 0 Å². The van der Waals surface area contributed by atoms with Gasteiger partial charge in [-0.05, 0) is 37.8 Å². The Bertz CT molecular complexity index is 1150. The van der Waals surface area contributed by atoms with E-state index in [-0.39, 0.29) is 11.8 Å². The Morgan fingerprint density at radius 1 is 1.06 bits per heavy atom. The van der Waals surface area contributed by atoms with E-state index in [0.29, 0.717) is 5.91 Å². The second-order valence-electron chi connectivity index (χ2n) is 9.98. The molecule has 0 unspecified atom stereocenters. The second kappa shape index (κ2) is 11.4. The number of anilines is 1. The van der Waals surface area contributed by atoms with Gasteiger partial charge in [-0.3, -0.25) is 4.79 Å². The number of para-hydroxylation sites is 1.